The van der Waals surface area contributed by atoms with Crippen molar-refractivity contribution in [3.8, 4) is 40.0 Å². The maximum Gasteiger partial charge on any atom is 0.275 e. The molecule has 2 aromatic carbocycles. The molecule has 1 N–H and O–H groups in total. The van der Waals surface area contributed by atoms with E-state index >= 15 is 4.39 Å². The van der Waals surface area contributed by atoms with Crippen LogP contribution in [0.2, 0.25) is 0 Å². The van der Waals surface area contributed by atoms with Crippen LogP contribution in [0.25, 0.3) is 33.2 Å². The van der Waals surface area contributed by atoms with E-state index in [4.69, 9.17) is 9.47 Å². The van der Waals surface area contributed by atoms with Crippen molar-refractivity contribution in [1.29, 1.82) is 5.26 Å². The first-order valence-corrected chi connectivity index (χ1v) is 11.6. The fourth-order valence-corrected chi connectivity index (χ4v) is 4.32. The Morgan fingerprint density at radius 1 is 1.26 bits per heavy atom. The van der Waals surface area contributed by atoms with Crippen LogP contribution < -0.4 is 15.0 Å². The Labute approximate surface area is 200 Å². The quantitative estimate of drug-likeness (QED) is 0.424. The van der Waals surface area contributed by atoms with Gasteiger partial charge in [0, 0.05) is 18.0 Å². The molecule has 35 heavy (non-hydrogen) atoms. The molecule has 1 aliphatic carbocycles. The van der Waals surface area contributed by atoms with E-state index in [0.29, 0.717) is 57.8 Å². The Hall–Kier alpha value is -4.19. The summed E-state index contributed by atoms with van der Waals surface area (Å²) in [5.74, 6) is 0.212. The number of H-pyrrole nitrogens is 1. The topological polar surface area (TPSA) is 106 Å². The van der Waals surface area contributed by atoms with Gasteiger partial charge in [-0.1, -0.05) is 6.92 Å². The van der Waals surface area contributed by atoms with E-state index in [1.807, 2.05) is 19.9 Å². The van der Waals surface area contributed by atoms with Crippen LogP contribution in [-0.4, -0.2) is 32.7 Å². The van der Waals surface area contributed by atoms with Crippen LogP contribution >= 0.6 is 0 Å². The van der Waals surface area contributed by atoms with Crippen LogP contribution in [0.3, 0.4) is 0 Å². The third kappa shape index (κ3) is 3.91. The molecule has 8 nitrogen and oxygen atoms in total. The Balaban J connectivity index is 1.78. The Kier molecular flexibility index (Phi) is 5.73. The largest absolute Gasteiger partial charge is 0.493 e. The molecule has 0 radical (unpaired) electrons. The average molecular weight is 474 g/mol. The van der Waals surface area contributed by atoms with Gasteiger partial charge in [-0.15, -0.1) is 0 Å². The van der Waals surface area contributed by atoms with E-state index in [9.17, 15) is 10.1 Å². The van der Waals surface area contributed by atoms with E-state index in [0.717, 1.165) is 12.8 Å². The van der Waals surface area contributed by atoms with Gasteiger partial charge in [-0.2, -0.15) is 15.5 Å². The number of fused-ring (bicyclic) bond motifs is 1. The fraction of sp³-hybridized carbons (Fsp3) is 0.308. The second-order valence-electron chi connectivity index (χ2n) is 8.44. The van der Waals surface area contributed by atoms with Crippen molar-refractivity contribution >= 4 is 10.8 Å². The molecule has 0 amide bonds. The Morgan fingerprint density at radius 3 is 2.74 bits per heavy atom. The lowest BCUT2D eigenvalue weighted by Gasteiger charge is -2.15. The smallest absolute Gasteiger partial charge is 0.275 e. The van der Waals surface area contributed by atoms with Crippen molar-refractivity contribution in [2.24, 2.45) is 7.05 Å². The first-order chi connectivity index (χ1) is 17.0. The molecule has 1 fully saturated rings. The van der Waals surface area contributed by atoms with Gasteiger partial charge in [0.05, 0.1) is 41.2 Å². The van der Waals surface area contributed by atoms with Gasteiger partial charge in [-0.05, 0) is 56.0 Å². The zero-order valence-electron chi connectivity index (χ0n) is 19.7. The second kappa shape index (κ2) is 8.87. The number of nitrogens with zero attached hydrogens (tertiary/aromatic N) is 4. The normalized spacial score (nSPS) is 13.1. The highest BCUT2D eigenvalue weighted by Crippen LogP contribution is 2.41. The summed E-state index contributed by atoms with van der Waals surface area (Å²) in [7, 11) is 1.70. The van der Waals surface area contributed by atoms with Gasteiger partial charge >= 0.3 is 0 Å². The predicted octanol–water partition coefficient (Wildman–Crippen LogP) is 4.50. The van der Waals surface area contributed by atoms with Gasteiger partial charge in [0.25, 0.3) is 5.56 Å². The molecule has 0 atom stereocenters. The van der Waals surface area contributed by atoms with Crippen molar-refractivity contribution in [2.45, 2.75) is 39.2 Å². The fourth-order valence-electron chi connectivity index (χ4n) is 4.32. The molecule has 5 rings (SSSR count). The minimum atomic E-state index is -0.548. The highest BCUT2D eigenvalue weighted by Gasteiger charge is 2.28. The van der Waals surface area contributed by atoms with Gasteiger partial charge in [0.15, 0.2) is 0 Å². The molecule has 4 aromatic rings. The molecule has 0 saturated heterocycles. The zero-order valence-corrected chi connectivity index (χ0v) is 19.7. The van der Waals surface area contributed by atoms with Crippen molar-refractivity contribution in [1.82, 2.24) is 20.0 Å². The lowest BCUT2D eigenvalue weighted by atomic mass is 9.95. The first-order valence-electron chi connectivity index (χ1n) is 11.6. The summed E-state index contributed by atoms with van der Waals surface area (Å²) in [5, 5.41) is 22.2. The predicted molar refractivity (Wildman–Crippen MR) is 129 cm³/mol. The Morgan fingerprint density at radius 2 is 2.06 bits per heavy atom. The number of aryl methyl sites for hydroxylation is 2. The molecule has 9 heteroatoms. The summed E-state index contributed by atoms with van der Waals surface area (Å²) in [6.45, 7) is 4.14. The second-order valence-corrected chi connectivity index (χ2v) is 8.44. The first kappa shape index (κ1) is 22.6. The summed E-state index contributed by atoms with van der Waals surface area (Å²) in [4.78, 5) is 12.6. The molecule has 2 aromatic heterocycles. The number of aromatic nitrogens is 4. The summed E-state index contributed by atoms with van der Waals surface area (Å²) < 4.78 is 28.6. The van der Waals surface area contributed by atoms with Gasteiger partial charge in [0.2, 0.25) is 0 Å². The molecular weight excluding hydrogens is 449 g/mol. The Bertz CT molecular complexity index is 1550. The van der Waals surface area contributed by atoms with E-state index in [1.165, 1.54) is 16.8 Å². The van der Waals surface area contributed by atoms with Gasteiger partial charge in [-0.3, -0.25) is 9.48 Å². The van der Waals surface area contributed by atoms with Crippen LogP contribution in [0.15, 0.2) is 35.3 Å². The van der Waals surface area contributed by atoms with Crippen LogP contribution in [0.1, 0.15) is 37.9 Å². The van der Waals surface area contributed by atoms with Gasteiger partial charge in [-0.25, -0.2) is 9.49 Å². The summed E-state index contributed by atoms with van der Waals surface area (Å²) in [6, 6.07) is 8.54. The number of hydrogen-bond donors (Lipinski definition) is 1. The highest BCUT2D eigenvalue weighted by molar-refractivity contribution is 5.96. The van der Waals surface area contributed by atoms with E-state index in [1.54, 1.807) is 19.3 Å². The van der Waals surface area contributed by atoms with E-state index in [2.05, 4.69) is 21.4 Å². The molecule has 0 aliphatic heterocycles. The summed E-state index contributed by atoms with van der Waals surface area (Å²) in [6.07, 6.45) is 4.10. The zero-order chi connectivity index (χ0) is 24.7. The number of ether oxygens (including phenoxy) is 2. The van der Waals surface area contributed by atoms with Crippen LogP contribution in [0.4, 0.5) is 4.39 Å². The van der Waals surface area contributed by atoms with Crippen molar-refractivity contribution in [3.63, 3.8) is 0 Å². The van der Waals surface area contributed by atoms with E-state index < -0.39 is 5.82 Å². The van der Waals surface area contributed by atoms with Crippen molar-refractivity contribution < 1.29 is 13.9 Å². The monoisotopic (exact) mass is 473 g/mol. The number of nitriles is 1. The molecule has 0 bridgehead atoms. The van der Waals surface area contributed by atoms with E-state index in [-0.39, 0.29) is 22.8 Å². The number of nitrogens with one attached hydrogen (secondary N) is 1. The maximum absolute atomic E-state index is 15.3. The molecule has 0 unspecified atom stereocenters. The molecule has 1 aliphatic rings. The summed E-state index contributed by atoms with van der Waals surface area (Å²) >= 11 is 0. The molecule has 178 valence electrons. The molecular formula is C26H24FN5O3. The average Bonchev–Trinajstić information content (AvgIpc) is 3.59. The number of aromatic amines is 1. The SMILES string of the molecule is CCOc1cc(-c2cnn(C)c2-c2c(F)ccc(OC3CC3)c2C#N)cc2c(CC)n[nH]c(=O)c12. The third-order valence-corrected chi connectivity index (χ3v) is 6.10. The third-order valence-electron chi connectivity index (χ3n) is 6.10. The number of hydrogen-bond acceptors (Lipinski definition) is 6. The van der Waals surface area contributed by atoms with Crippen molar-refractivity contribution in [2.75, 3.05) is 6.61 Å². The molecule has 0 spiro atoms. The standard InChI is InChI=1S/C26H24FN5O3/c1-4-20-16-10-14(11-22(34-5-2)24(16)26(33)31-30-20)18-13-29-32(3)25(18)23-17(12-28)21(9-8-19(23)27)35-15-6-7-15/h8-11,13,15H,4-7H2,1-3H3,(H,31,33). The van der Waals surface area contributed by atoms with Gasteiger partial charge < -0.3 is 9.47 Å². The number of halogens is 1. The minimum Gasteiger partial charge on any atom is -0.493 e. The highest BCUT2D eigenvalue weighted by atomic mass is 19.1. The number of benzene rings is 2. The van der Waals surface area contributed by atoms with Crippen LogP contribution in [0, 0.1) is 17.1 Å². The molecule has 1 saturated carbocycles. The van der Waals surface area contributed by atoms with Gasteiger partial charge in [0.1, 0.15) is 28.9 Å². The van der Waals surface area contributed by atoms with Crippen LogP contribution in [-0.2, 0) is 13.5 Å². The van der Waals surface area contributed by atoms with Crippen LogP contribution in [0.5, 0.6) is 11.5 Å². The minimum absolute atomic E-state index is 0.0544. The van der Waals surface area contributed by atoms with Crippen molar-refractivity contribution in [3.05, 3.63) is 57.9 Å². The molecule has 2 heterocycles. The number of rotatable bonds is 7. The lowest BCUT2D eigenvalue weighted by Crippen LogP contribution is -2.12. The maximum atomic E-state index is 15.3. The summed E-state index contributed by atoms with van der Waals surface area (Å²) in [5.41, 5.74) is 2.30. The lowest BCUT2D eigenvalue weighted by molar-refractivity contribution is 0.302.